The Balaban J connectivity index is 1.48. The van der Waals surface area contributed by atoms with Gasteiger partial charge >= 0.3 is 11.8 Å². The Kier molecular flexibility index (Phi) is 4.76. The number of aromatic nitrogens is 2. The summed E-state index contributed by atoms with van der Waals surface area (Å²) >= 11 is 0. The fourth-order valence-electron chi connectivity index (χ4n) is 3.21. The summed E-state index contributed by atoms with van der Waals surface area (Å²) < 4.78 is 16.1. The molecule has 27 heavy (non-hydrogen) atoms. The van der Waals surface area contributed by atoms with Crippen LogP contribution in [0.15, 0.2) is 22.7 Å². The zero-order valence-electron chi connectivity index (χ0n) is 14.9. The lowest BCUT2D eigenvalue weighted by Crippen LogP contribution is -2.38. The van der Waals surface area contributed by atoms with E-state index in [0.29, 0.717) is 30.1 Å². The van der Waals surface area contributed by atoms with E-state index in [1.165, 1.54) is 0 Å². The number of rotatable bonds is 5. The zero-order chi connectivity index (χ0) is 18.8. The number of benzene rings is 1. The van der Waals surface area contributed by atoms with Crippen molar-refractivity contribution < 1.29 is 23.6 Å². The molecule has 0 unspecified atom stereocenters. The van der Waals surface area contributed by atoms with Gasteiger partial charge in [0.1, 0.15) is 5.75 Å². The van der Waals surface area contributed by atoms with Gasteiger partial charge in [-0.25, -0.2) is 0 Å². The molecule has 0 bridgehead atoms. The molecule has 0 saturated carbocycles. The van der Waals surface area contributed by atoms with E-state index in [1.54, 1.807) is 23.1 Å². The van der Waals surface area contributed by atoms with E-state index in [2.05, 4.69) is 15.5 Å². The van der Waals surface area contributed by atoms with E-state index in [1.807, 2.05) is 6.92 Å². The summed E-state index contributed by atoms with van der Waals surface area (Å²) in [5.41, 5.74) is 1.34. The first kappa shape index (κ1) is 17.5. The molecular formula is C18H20N4O5. The second-order valence-corrected chi connectivity index (χ2v) is 6.38. The molecule has 1 N–H and O–H groups in total. The second kappa shape index (κ2) is 7.36. The fraction of sp³-hybridized carbons (Fsp3) is 0.444. The number of carbonyl (C=O) groups excluding carboxylic acids is 2. The maximum atomic E-state index is 12.2. The Labute approximate surface area is 155 Å². The molecule has 3 heterocycles. The molecule has 1 aromatic carbocycles. The van der Waals surface area contributed by atoms with E-state index < -0.39 is 5.91 Å². The summed E-state index contributed by atoms with van der Waals surface area (Å²) in [5, 5.41) is 6.62. The van der Waals surface area contributed by atoms with Crippen molar-refractivity contribution in [2.75, 3.05) is 31.2 Å². The first-order valence-corrected chi connectivity index (χ1v) is 8.97. The molecule has 2 aromatic rings. The highest BCUT2D eigenvalue weighted by Gasteiger charge is 2.25. The van der Waals surface area contributed by atoms with Crippen molar-refractivity contribution >= 4 is 17.5 Å². The van der Waals surface area contributed by atoms with Crippen LogP contribution < -0.4 is 15.0 Å². The van der Waals surface area contributed by atoms with E-state index in [-0.39, 0.29) is 30.3 Å². The van der Waals surface area contributed by atoms with Gasteiger partial charge in [0.25, 0.3) is 5.91 Å². The van der Waals surface area contributed by atoms with Gasteiger partial charge in [0.15, 0.2) is 6.61 Å². The largest absolute Gasteiger partial charge is 0.482 e. The minimum Gasteiger partial charge on any atom is -0.482 e. The molecule has 142 valence electrons. The predicted molar refractivity (Wildman–Crippen MR) is 94.6 cm³/mol. The number of nitrogens with one attached hydrogen (secondary N) is 1. The van der Waals surface area contributed by atoms with Gasteiger partial charge in [0.2, 0.25) is 5.82 Å². The van der Waals surface area contributed by atoms with Crippen LogP contribution >= 0.6 is 0 Å². The molecule has 1 aromatic heterocycles. The lowest BCUT2D eigenvalue weighted by molar-refractivity contribution is -0.121. The van der Waals surface area contributed by atoms with E-state index in [4.69, 9.17) is 14.0 Å². The van der Waals surface area contributed by atoms with Crippen molar-refractivity contribution in [3.05, 3.63) is 24.1 Å². The topological polar surface area (TPSA) is 107 Å². The molecule has 9 heteroatoms. The quantitative estimate of drug-likeness (QED) is 0.845. The third-order valence-corrected chi connectivity index (χ3v) is 4.61. The van der Waals surface area contributed by atoms with Crippen LogP contribution in [0.1, 0.15) is 30.5 Å². The summed E-state index contributed by atoms with van der Waals surface area (Å²) in [7, 11) is 0. The highest BCUT2D eigenvalue weighted by molar-refractivity contribution is 5.98. The van der Waals surface area contributed by atoms with Gasteiger partial charge in [0, 0.05) is 25.3 Å². The Morgan fingerprint density at radius 3 is 3.07 bits per heavy atom. The minimum absolute atomic E-state index is 0.00652. The van der Waals surface area contributed by atoms with Crippen LogP contribution in [0.25, 0.3) is 11.4 Å². The van der Waals surface area contributed by atoms with Crippen LogP contribution in [0.3, 0.4) is 0 Å². The maximum absolute atomic E-state index is 12.2. The highest BCUT2D eigenvalue weighted by Crippen LogP contribution is 2.35. The first-order chi connectivity index (χ1) is 13.2. The molecule has 1 fully saturated rings. The number of ether oxygens (including phenoxy) is 2. The van der Waals surface area contributed by atoms with Crippen LogP contribution in [0.5, 0.6) is 5.75 Å². The highest BCUT2D eigenvalue weighted by atomic mass is 16.5. The van der Waals surface area contributed by atoms with Crippen LogP contribution in [0.2, 0.25) is 0 Å². The van der Waals surface area contributed by atoms with Gasteiger partial charge in [-0.2, -0.15) is 4.98 Å². The van der Waals surface area contributed by atoms with E-state index >= 15 is 0 Å². The van der Waals surface area contributed by atoms with E-state index in [0.717, 1.165) is 19.4 Å². The monoisotopic (exact) mass is 372 g/mol. The summed E-state index contributed by atoms with van der Waals surface area (Å²) in [6.07, 6.45) is 1.98. The number of nitrogens with zero attached hydrogens (tertiary/aromatic N) is 3. The number of hydrogen-bond donors (Lipinski definition) is 1. The van der Waals surface area contributed by atoms with Crippen molar-refractivity contribution in [3.8, 4) is 17.1 Å². The fourth-order valence-corrected chi connectivity index (χ4v) is 3.21. The molecule has 0 aliphatic carbocycles. The van der Waals surface area contributed by atoms with Gasteiger partial charge in [-0.3, -0.25) is 9.59 Å². The lowest BCUT2D eigenvalue weighted by Gasteiger charge is -2.28. The Morgan fingerprint density at radius 1 is 1.41 bits per heavy atom. The molecule has 0 spiro atoms. The number of hydrogen-bond acceptors (Lipinski definition) is 7. The number of anilines is 1. The number of amides is 2. The normalized spacial score (nSPS) is 18.9. The summed E-state index contributed by atoms with van der Waals surface area (Å²) in [4.78, 5) is 29.9. The third-order valence-electron chi connectivity index (χ3n) is 4.61. The van der Waals surface area contributed by atoms with Gasteiger partial charge in [0.05, 0.1) is 11.8 Å². The molecule has 9 nitrogen and oxygen atoms in total. The van der Waals surface area contributed by atoms with Crippen LogP contribution in [-0.2, 0) is 9.53 Å². The molecule has 2 aliphatic heterocycles. The SMILES string of the molecule is CCN1C(=O)COc2cc(-c3noc(C(=O)NC[C@H]4CCCO4)n3)ccc21. The van der Waals surface area contributed by atoms with Gasteiger partial charge in [-0.05, 0) is 38.0 Å². The first-order valence-electron chi connectivity index (χ1n) is 8.97. The predicted octanol–water partition coefficient (Wildman–Crippen LogP) is 1.39. The van der Waals surface area contributed by atoms with Crippen molar-refractivity contribution in [1.29, 1.82) is 0 Å². The number of fused-ring (bicyclic) bond motifs is 1. The van der Waals surface area contributed by atoms with Crippen LogP contribution in [0, 0.1) is 0 Å². The number of carbonyl (C=O) groups is 2. The standard InChI is InChI=1S/C18H20N4O5/c1-2-22-13-6-5-11(8-14(13)26-10-15(22)23)16-20-18(27-21-16)17(24)19-9-12-4-3-7-25-12/h5-6,8,12H,2-4,7,9-10H2,1H3,(H,19,24)/t12-/m1/s1. The molecule has 2 aliphatic rings. The van der Waals surface area contributed by atoms with Crippen LogP contribution in [0.4, 0.5) is 5.69 Å². The Hall–Kier alpha value is -2.94. The average Bonchev–Trinajstić information content (AvgIpc) is 3.38. The van der Waals surface area contributed by atoms with Crippen molar-refractivity contribution in [2.45, 2.75) is 25.9 Å². The Morgan fingerprint density at radius 2 is 2.30 bits per heavy atom. The summed E-state index contributed by atoms with van der Waals surface area (Å²) in [6.45, 7) is 3.61. The molecular weight excluding hydrogens is 352 g/mol. The van der Waals surface area contributed by atoms with Gasteiger partial charge in [-0.1, -0.05) is 5.16 Å². The molecule has 1 atom stereocenters. The van der Waals surface area contributed by atoms with Gasteiger partial charge < -0.3 is 24.2 Å². The average molecular weight is 372 g/mol. The second-order valence-electron chi connectivity index (χ2n) is 6.38. The van der Waals surface area contributed by atoms with Gasteiger partial charge in [-0.15, -0.1) is 0 Å². The van der Waals surface area contributed by atoms with Crippen molar-refractivity contribution in [1.82, 2.24) is 15.5 Å². The molecule has 1 saturated heterocycles. The maximum Gasteiger partial charge on any atom is 0.316 e. The molecule has 0 radical (unpaired) electrons. The summed E-state index contributed by atoms with van der Waals surface area (Å²) in [6, 6.07) is 5.28. The smallest absolute Gasteiger partial charge is 0.316 e. The molecule has 4 rings (SSSR count). The Bertz CT molecular complexity index is 859. The lowest BCUT2D eigenvalue weighted by atomic mass is 10.1. The van der Waals surface area contributed by atoms with Crippen LogP contribution in [-0.4, -0.2) is 54.4 Å². The number of likely N-dealkylation sites (N-methyl/N-ethyl adjacent to an activating group) is 1. The van der Waals surface area contributed by atoms with Crippen molar-refractivity contribution in [2.24, 2.45) is 0 Å². The third kappa shape index (κ3) is 3.50. The summed E-state index contributed by atoms with van der Waals surface area (Å²) in [5.74, 6) is 0.238. The van der Waals surface area contributed by atoms with Crippen molar-refractivity contribution in [3.63, 3.8) is 0 Å². The minimum atomic E-state index is -0.429. The van der Waals surface area contributed by atoms with E-state index in [9.17, 15) is 9.59 Å². The zero-order valence-corrected chi connectivity index (χ0v) is 14.9. The molecule has 2 amide bonds.